The second-order valence-electron chi connectivity index (χ2n) is 4.63. The minimum absolute atomic E-state index is 0.481. The monoisotopic (exact) mass is 223 g/mol. The molecule has 82 valence electrons. The van der Waals surface area contributed by atoms with E-state index in [1.165, 1.54) is 10.7 Å². The molecule has 15 heavy (non-hydrogen) atoms. The Balaban J connectivity index is 2.39. The van der Waals surface area contributed by atoms with E-state index in [1.54, 1.807) is 11.3 Å². The summed E-state index contributed by atoms with van der Waals surface area (Å²) in [6, 6.07) is 0. The van der Waals surface area contributed by atoms with Gasteiger partial charge in [-0.3, -0.25) is 0 Å². The van der Waals surface area contributed by atoms with Gasteiger partial charge in [0.05, 0.1) is 11.9 Å². The topological polar surface area (TPSA) is 30.2 Å². The standard InChI is InChI=1S/C11H17N3S/c1-7(2)5-10-13-14-9(8(3)4)6-12-11(14)15-10/h6-8H,5H2,1-4H3. The molecule has 0 bridgehead atoms. The van der Waals surface area contributed by atoms with Gasteiger partial charge in [0.25, 0.3) is 0 Å². The molecule has 0 fully saturated rings. The zero-order valence-corrected chi connectivity index (χ0v) is 10.5. The van der Waals surface area contributed by atoms with Crippen LogP contribution >= 0.6 is 11.3 Å². The molecule has 0 aliphatic carbocycles. The molecule has 3 nitrogen and oxygen atoms in total. The Bertz CT molecular complexity index is 453. The van der Waals surface area contributed by atoms with Crippen molar-refractivity contribution in [3.8, 4) is 0 Å². The molecule has 0 aliphatic heterocycles. The molecule has 0 unspecified atom stereocenters. The molecular weight excluding hydrogens is 206 g/mol. The van der Waals surface area contributed by atoms with Gasteiger partial charge < -0.3 is 0 Å². The van der Waals surface area contributed by atoms with Crippen LogP contribution in [0.5, 0.6) is 0 Å². The predicted octanol–water partition coefficient (Wildman–Crippen LogP) is 3.11. The van der Waals surface area contributed by atoms with E-state index >= 15 is 0 Å². The maximum Gasteiger partial charge on any atom is 0.212 e. The largest absolute Gasteiger partial charge is 0.226 e. The smallest absolute Gasteiger partial charge is 0.212 e. The number of nitrogens with zero attached hydrogens (tertiary/aromatic N) is 3. The Morgan fingerprint density at radius 2 is 2.07 bits per heavy atom. The highest BCUT2D eigenvalue weighted by atomic mass is 32.1. The van der Waals surface area contributed by atoms with Gasteiger partial charge in [-0.25, -0.2) is 9.50 Å². The van der Waals surface area contributed by atoms with Crippen molar-refractivity contribution in [2.75, 3.05) is 0 Å². The lowest BCUT2D eigenvalue weighted by Crippen LogP contribution is -1.98. The minimum atomic E-state index is 0.481. The first-order chi connectivity index (χ1) is 7.08. The fraction of sp³-hybridized carbons (Fsp3) is 0.636. The van der Waals surface area contributed by atoms with E-state index in [9.17, 15) is 0 Å². The molecule has 2 aromatic rings. The van der Waals surface area contributed by atoms with Gasteiger partial charge in [-0.05, 0) is 11.8 Å². The van der Waals surface area contributed by atoms with Crippen LogP contribution < -0.4 is 0 Å². The average molecular weight is 223 g/mol. The normalized spacial score (nSPS) is 12.1. The summed E-state index contributed by atoms with van der Waals surface area (Å²) in [6.07, 6.45) is 2.98. The molecule has 2 rings (SSSR count). The van der Waals surface area contributed by atoms with Crippen molar-refractivity contribution in [3.05, 3.63) is 16.9 Å². The van der Waals surface area contributed by atoms with E-state index in [0.717, 1.165) is 11.4 Å². The summed E-state index contributed by atoms with van der Waals surface area (Å²) < 4.78 is 1.99. The van der Waals surface area contributed by atoms with Gasteiger partial charge in [0.1, 0.15) is 5.01 Å². The first kappa shape index (κ1) is 10.6. The second-order valence-corrected chi connectivity index (χ2v) is 5.67. The van der Waals surface area contributed by atoms with Gasteiger partial charge in [-0.15, -0.1) is 0 Å². The number of rotatable bonds is 3. The molecule has 0 radical (unpaired) electrons. The fourth-order valence-corrected chi connectivity index (χ4v) is 2.66. The van der Waals surface area contributed by atoms with E-state index in [2.05, 4.69) is 37.8 Å². The van der Waals surface area contributed by atoms with Gasteiger partial charge >= 0.3 is 0 Å². The van der Waals surface area contributed by atoms with Crippen LogP contribution in [0.3, 0.4) is 0 Å². The van der Waals surface area contributed by atoms with Gasteiger partial charge in [0.2, 0.25) is 4.96 Å². The number of fused-ring (bicyclic) bond motifs is 1. The van der Waals surface area contributed by atoms with Crippen LogP contribution in [0.25, 0.3) is 4.96 Å². The highest BCUT2D eigenvalue weighted by Gasteiger charge is 2.12. The summed E-state index contributed by atoms with van der Waals surface area (Å²) in [5, 5.41) is 5.80. The fourth-order valence-electron chi connectivity index (χ4n) is 1.57. The molecule has 0 atom stereocenters. The summed E-state index contributed by atoms with van der Waals surface area (Å²) in [5.41, 5.74) is 1.20. The van der Waals surface area contributed by atoms with Crippen molar-refractivity contribution in [2.45, 2.75) is 40.0 Å². The SMILES string of the molecule is CC(C)Cc1nn2c(C(C)C)cnc2s1. The van der Waals surface area contributed by atoms with Crippen LogP contribution in [-0.2, 0) is 6.42 Å². The highest BCUT2D eigenvalue weighted by Crippen LogP contribution is 2.21. The maximum absolute atomic E-state index is 4.61. The summed E-state index contributed by atoms with van der Waals surface area (Å²) >= 11 is 1.70. The van der Waals surface area contributed by atoms with Crippen molar-refractivity contribution < 1.29 is 0 Å². The van der Waals surface area contributed by atoms with Crippen LogP contribution in [-0.4, -0.2) is 14.6 Å². The zero-order chi connectivity index (χ0) is 11.0. The maximum atomic E-state index is 4.61. The molecule has 4 heteroatoms. The van der Waals surface area contributed by atoms with E-state index in [-0.39, 0.29) is 0 Å². The summed E-state index contributed by atoms with van der Waals surface area (Å²) in [7, 11) is 0. The Kier molecular flexibility index (Phi) is 2.78. The quantitative estimate of drug-likeness (QED) is 0.800. The zero-order valence-electron chi connectivity index (χ0n) is 9.69. The third kappa shape index (κ3) is 2.04. The molecule has 0 aromatic carbocycles. The van der Waals surface area contributed by atoms with Gasteiger partial charge in [-0.2, -0.15) is 5.10 Å². The molecule has 2 aromatic heterocycles. The molecule has 0 spiro atoms. The van der Waals surface area contributed by atoms with Crippen molar-refractivity contribution in [1.29, 1.82) is 0 Å². The Morgan fingerprint density at radius 1 is 1.33 bits per heavy atom. The van der Waals surface area contributed by atoms with Gasteiger partial charge in [0.15, 0.2) is 0 Å². The average Bonchev–Trinajstić information content (AvgIpc) is 2.60. The first-order valence-corrected chi connectivity index (χ1v) is 6.23. The van der Waals surface area contributed by atoms with E-state index < -0.39 is 0 Å². The number of imidazole rings is 1. The number of hydrogen-bond donors (Lipinski definition) is 0. The Labute approximate surface area is 94.2 Å². The highest BCUT2D eigenvalue weighted by molar-refractivity contribution is 7.16. The van der Waals surface area contributed by atoms with Crippen molar-refractivity contribution in [2.24, 2.45) is 5.92 Å². The third-order valence-electron chi connectivity index (χ3n) is 2.33. The summed E-state index contributed by atoms with van der Waals surface area (Å²) in [5.74, 6) is 1.14. The van der Waals surface area contributed by atoms with Crippen LogP contribution in [0.2, 0.25) is 0 Å². The molecule has 0 amide bonds. The van der Waals surface area contributed by atoms with Gasteiger partial charge in [-0.1, -0.05) is 39.0 Å². The predicted molar refractivity (Wildman–Crippen MR) is 63.5 cm³/mol. The van der Waals surface area contributed by atoms with Crippen molar-refractivity contribution >= 4 is 16.3 Å². The molecular formula is C11H17N3S. The van der Waals surface area contributed by atoms with E-state index in [0.29, 0.717) is 11.8 Å². The Hall–Kier alpha value is -0.900. The lowest BCUT2D eigenvalue weighted by atomic mass is 10.1. The number of aromatic nitrogens is 3. The Morgan fingerprint density at radius 3 is 2.67 bits per heavy atom. The minimum Gasteiger partial charge on any atom is -0.226 e. The van der Waals surface area contributed by atoms with Crippen molar-refractivity contribution in [3.63, 3.8) is 0 Å². The van der Waals surface area contributed by atoms with E-state index in [1.807, 2.05) is 10.7 Å². The molecule has 0 saturated carbocycles. The van der Waals surface area contributed by atoms with Crippen LogP contribution in [0, 0.1) is 5.92 Å². The summed E-state index contributed by atoms with van der Waals surface area (Å²) in [4.78, 5) is 5.41. The molecule has 0 saturated heterocycles. The molecule has 0 aliphatic rings. The van der Waals surface area contributed by atoms with Crippen LogP contribution in [0.4, 0.5) is 0 Å². The van der Waals surface area contributed by atoms with Gasteiger partial charge in [0, 0.05) is 6.42 Å². The summed E-state index contributed by atoms with van der Waals surface area (Å²) in [6.45, 7) is 8.77. The van der Waals surface area contributed by atoms with E-state index in [4.69, 9.17) is 0 Å². The number of hydrogen-bond acceptors (Lipinski definition) is 3. The molecule has 0 N–H and O–H groups in total. The lowest BCUT2D eigenvalue weighted by Gasteiger charge is -2.01. The molecule has 2 heterocycles. The van der Waals surface area contributed by atoms with Crippen LogP contribution in [0.1, 0.15) is 44.3 Å². The first-order valence-electron chi connectivity index (χ1n) is 5.41. The lowest BCUT2D eigenvalue weighted by molar-refractivity contribution is 0.632. The van der Waals surface area contributed by atoms with Crippen molar-refractivity contribution in [1.82, 2.24) is 14.6 Å². The second kappa shape index (κ2) is 3.93. The van der Waals surface area contributed by atoms with Crippen LogP contribution in [0.15, 0.2) is 6.20 Å². The third-order valence-corrected chi connectivity index (χ3v) is 3.27.